The summed E-state index contributed by atoms with van der Waals surface area (Å²) in [7, 11) is 0. The van der Waals surface area contributed by atoms with Gasteiger partial charge < -0.3 is 15.4 Å². The highest BCUT2D eigenvalue weighted by Crippen LogP contribution is 2.02. The first kappa shape index (κ1) is 13.9. The van der Waals surface area contributed by atoms with Gasteiger partial charge >= 0.3 is 0 Å². The molecule has 1 aliphatic heterocycles. The van der Waals surface area contributed by atoms with Gasteiger partial charge in [-0.25, -0.2) is 0 Å². The molecule has 1 aliphatic rings. The topological polar surface area (TPSA) is 41.7 Å². The van der Waals surface area contributed by atoms with Gasteiger partial charge in [-0.1, -0.05) is 6.92 Å². The lowest BCUT2D eigenvalue weighted by atomic mass is 10.4. The van der Waals surface area contributed by atoms with Gasteiger partial charge in [-0.2, -0.15) is 0 Å². The lowest BCUT2D eigenvalue weighted by molar-refractivity contribution is 0.105. The summed E-state index contributed by atoms with van der Waals surface area (Å²) in [6.07, 6.45) is 2.37. The Morgan fingerprint density at radius 1 is 1.00 bits per heavy atom. The van der Waals surface area contributed by atoms with Crippen molar-refractivity contribution in [3.05, 3.63) is 0 Å². The molecule has 96 valence electrons. The summed E-state index contributed by atoms with van der Waals surface area (Å²) in [5, 5.41) is 0. The Kier molecular flexibility index (Phi) is 7.76. The number of nitrogens with two attached hydrogens (primary N) is 1. The molecule has 0 unspecified atom stereocenters. The van der Waals surface area contributed by atoms with Crippen molar-refractivity contribution in [2.45, 2.75) is 19.8 Å². The van der Waals surface area contributed by atoms with E-state index >= 15 is 0 Å². The Bertz CT molecular complexity index is 166. The SMILES string of the molecule is CCCOCCN1CCCN(CCN)CC1. The Hall–Kier alpha value is -0.160. The molecule has 0 aromatic rings. The van der Waals surface area contributed by atoms with Gasteiger partial charge in [0.25, 0.3) is 0 Å². The Labute approximate surface area is 99.7 Å². The second kappa shape index (κ2) is 8.93. The van der Waals surface area contributed by atoms with E-state index in [0.29, 0.717) is 0 Å². The molecule has 0 radical (unpaired) electrons. The Morgan fingerprint density at radius 2 is 1.69 bits per heavy atom. The minimum Gasteiger partial charge on any atom is -0.380 e. The highest BCUT2D eigenvalue weighted by Gasteiger charge is 2.13. The van der Waals surface area contributed by atoms with Crippen LogP contribution in [0.2, 0.25) is 0 Å². The molecular formula is C12H27N3O. The van der Waals surface area contributed by atoms with E-state index in [0.717, 1.165) is 52.4 Å². The first-order valence-electron chi connectivity index (χ1n) is 6.59. The van der Waals surface area contributed by atoms with Crippen molar-refractivity contribution in [1.29, 1.82) is 0 Å². The maximum Gasteiger partial charge on any atom is 0.0593 e. The maximum absolute atomic E-state index is 5.58. The van der Waals surface area contributed by atoms with E-state index in [1.54, 1.807) is 0 Å². The average molecular weight is 229 g/mol. The largest absolute Gasteiger partial charge is 0.380 e. The molecule has 2 N–H and O–H groups in total. The van der Waals surface area contributed by atoms with Crippen LogP contribution in [0.4, 0.5) is 0 Å². The van der Waals surface area contributed by atoms with E-state index < -0.39 is 0 Å². The monoisotopic (exact) mass is 229 g/mol. The van der Waals surface area contributed by atoms with Gasteiger partial charge in [0, 0.05) is 39.3 Å². The molecule has 16 heavy (non-hydrogen) atoms. The fraction of sp³-hybridized carbons (Fsp3) is 1.00. The molecule has 0 saturated carbocycles. The van der Waals surface area contributed by atoms with Crippen LogP contribution in [0.5, 0.6) is 0 Å². The normalized spacial score (nSPS) is 19.9. The summed E-state index contributed by atoms with van der Waals surface area (Å²) in [6, 6.07) is 0. The molecule has 1 rings (SSSR count). The van der Waals surface area contributed by atoms with Gasteiger partial charge in [0.1, 0.15) is 0 Å². The smallest absolute Gasteiger partial charge is 0.0593 e. The summed E-state index contributed by atoms with van der Waals surface area (Å²) < 4.78 is 5.53. The fourth-order valence-electron chi connectivity index (χ4n) is 2.09. The van der Waals surface area contributed by atoms with Crippen LogP contribution in [0.3, 0.4) is 0 Å². The van der Waals surface area contributed by atoms with Crippen molar-refractivity contribution in [1.82, 2.24) is 9.80 Å². The molecule has 0 atom stereocenters. The second-order valence-corrected chi connectivity index (χ2v) is 4.44. The molecule has 0 aliphatic carbocycles. The van der Waals surface area contributed by atoms with E-state index in [9.17, 15) is 0 Å². The van der Waals surface area contributed by atoms with Gasteiger partial charge in [0.05, 0.1) is 6.61 Å². The molecule has 0 aromatic heterocycles. The quantitative estimate of drug-likeness (QED) is 0.641. The highest BCUT2D eigenvalue weighted by molar-refractivity contribution is 4.69. The van der Waals surface area contributed by atoms with Gasteiger partial charge in [-0.3, -0.25) is 4.90 Å². The van der Waals surface area contributed by atoms with Crippen molar-refractivity contribution in [3.8, 4) is 0 Å². The van der Waals surface area contributed by atoms with Gasteiger partial charge in [0.2, 0.25) is 0 Å². The molecule has 4 heteroatoms. The van der Waals surface area contributed by atoms with Gasteiger partial charge in [-0.05, 0) is 25.9 Å². The zero-order valence-corrected chi connectivity index (χ0v) is 10.7. The minimum absolute atomic E-state index is 0.777. The molecular weight excluding hydrogens is 202 g/mol. The van der Waals surface area contributed by atoms with Crippen molar-refractivity contribution >= 4 is 0 Å². The van der Waals surface area contributed by atoms with Crippen molar-refractivity contribution < 1.29 is 4.74 Å². The molecule has 0 bridgehead atoms. The van der Waals surface area contributed by atoms with Crippen LogP contribution in [-0.4, -0.2) is 68.8 Å². The van der Waals surface area contributed by atoms with Crippen LogP contribution in [0.15, 0.2) is 0 Å². The van der Waals surface area contributed by atoms with Crippen molar-refractivity contribution in [2.75, 3.05) is 59.0 Å². The minimum atomic E-state index is 0.777. The predicted molar refractivity (Wildman–Crippen MR) is 67.7 cm³/mol. The number of nitrogens with zero attached hydrogens (tertiary/aromatic N) is 2. The van der Waals surface area contributed by atoms with Crippen LogP contribution >= 0.6 is 0 Å². The molecule has 0 amide bonds. The van der Waals surface area contributed by atoms with E-state index in [1.807, 2.05) is 0 Å². The fourth-order valence-corrected chi connectivity index (χ4v) is 2.09. The van der Waals surface area contributed by atoms with Crippen LogP contribution in [0, 0.1) is 0 Å². The van der Waals surface area contributed by atoms with Crippen LogP contribution in [0.1, 0.15) is 19.8 Å². The zero-order chi connectivity index (χ0) is 11.6. The number of hydrogen-bond acceptors (Lipinski definition) is 4. The third kappa shape index (κ3) is 5.80. The lowest BCUT2D eigenvalue weighted by Crippen LogP contribution is -2.35. The van der Waals surface area contributed by atoms with Crippen molar-refractivity contribution in [2.24, 2.45) is 5.73 Å². The summed E-state index contributed by atoms with van der Waals surface area (Å²) in [4.78, 5) is 4.97. The third-order valence-corrected chi connectivity index (χ3v) is 3.03. The molecule has 1 fully saturated rings. The molecule has 4 nitrogen and oxygen atoms in total. The van der Waals surface area contributed by atoms with Gasteiger partial charge in [-0.15, -0.1) is 0 Å². The third-order valence-electron chi connectivity index (χ3n) is 3.03. The van der Waals surface area contributed by atoms with E-state index in [2.05, 4.69) is 16.7 Å². The molecule has 0 spiro atoms. The number of hydrogen-bond donors (Lipinski definition) is 1. The first-order chi connectivity index (χ1) is 7.86. The Balaban J connectivity index is 2.10. The zero-order valence-electron chi connectivity index (χ0n) is 10.7. The van der Waals surface area contributed by atoms with E-state index in [4.69, 9.17) is 10.5 Å². The summed E-state index contributed by atoms with van der Waals surface area (Å²) in [5.41, 5.74) is 5.58. The standard InChI is InChI=1S/C12H27N3O/c1-2-11-16-12-10-15-6-3-5-14(7-4-13)8-9-15/h2-13H2,1H3. The molecule has 1 saturated heterocycles. The lowest BCUT2D eigenvalue weighted by Gasteiger charge is -2.21. The number of ether oxygens (including phenoxy) is 1. The highest BCUT2D eigenvalue weighted by atomic mass is 16.5. The Morgan fingerprint density at radius 3 is 2.31 bits per heavy atom. The van der Waals surface area contributed by atoms with Crippen LogP contribution in [-0.2, 0) is 4.74 Å². The molecule has 1 heterocycles. The summed E-state index contributed by atoms with van der Waals surface area (Å²) >= 11 is 0. The second-order valence-electron chi connectivity index (χ2n) is 4.44. The average Bonchev–Trinajstić information content (AvgIpc) is 2.51. The van der Waals surface area contributed by atoms with E-state index in [-0.39, 0.29) is 0 Å². The number of rotatable bonds is 7. The maximum atomic E-state index is 5.58. The summed E-state index contributed by atoms with van der Waals surface area (Å²) in [6.45, 7) is 11.5. The van der Waals surface area contributed by atoms with Crippen LogP contribution < -0.4 is 5.73 Å². The van der Waals surface area contributed by atoms with Gasteiger partial charge in [0.15, 0.2) is 0 Å². The predicted octanol–water partition coefficient (Wildman–Crippen LogP) is 0.379. The van der Waals surface area contributed by atoms with Crippen molar-refractivity contribution in [3.63, 3.8) is 0 Å². The first-order valence-corrected chi connectivity index (χ1v) is 6.59. The molecule has 0 aromatic carbocycles. The summed E-state index contributed by atoms with van der Waals surface area (Å²) in [5.74, 6) is 0. The van der Waals surface area contributed by atoms with E-state index in [1.165, 1.54) is 19.5 Å². The van der Waals surface area contributed by atoms with Crippen LogP contribution in [0.25, 0.3) is 0 Å².